The van der Waals surface area contributed by atoms with Gasteiger partial charge in [-0.1, -0.05) is 18.2 Å². The van der Waals surface area contributed by atoms with Crippen molar-refractivity contribution in [1.82, 2.24) is 20.3 Å². The van der Waals surface area contributed by atoms with Crippen molar-refractivity contribution in [2.24, 2.45) is 7.05 Å². The molecule has 1 atom stereocenters. The van der Waals surface area contributed by atoms with E-state index in [1.54, 1.807) is 7.05 Å². The van der Waals surface area contributed by atoms with Crippen molar-refractivity contribution in [1.29, 1.82) is 0 Å². The lowest BCUT2D eigenvalue weighted by Crippen LogP contribution is -2.26. The summed E-state index contributed by atoms with van der Waals surface area (Å²) in [6.07, 6.45) is 0. The molecule has 0 bridgehead atoms. The van der Waals surface area contributed by atoms with Crippen molar-refractivity contribution >= 4 is 15.9 Å². The van der Waals surface area contributed by atoms with Crippen molar-refractivity contribution in [3.63, 3.8) is 0 Å². The smallest absolute Gasteiger partial charge is 0.194 e. The third-order valence-electron chi connectivity index (χ3n) is 2.88. The fraction of sp³-hybridized carbons (Fsp3) is 0.333. The molecule has 0 amide bonds. The van der Waals surface area contributed by atoms with Crippen molar-refractivity contribution in [2.45, 2.75) is 13.0 Å². The Labute approximate surface area is 122 Å². The van der Waals surface area contributed by atoms with Gasteiger partial charge in [-0.25, -0.2) is 17.9 Å². The second-order valence-electron chi connectivity index (χ2n) is 4.14. The van der Waals surface area contributed by atoms with Gasteiger partial charge in [-0.15, -0.1) is 5.10 Å². The standard InChI is InChI=1S/C12H12BrF3N4/c1-3-17-10(11-12(13)18-19-20(11)2)6-4-5-7(14)9(16)8(6)15/h4-5,10,17H,3H2,1-2H3. The molecule has 0 radical (unpaired) electrons. The van der Waals surface area contributed by atoms with Crippen LogP contribution < -0.4 is 5.32 Å². The molecule has 0 saturated heterocycles. The molecule has 0 aliphatic heterocycles. The normalized spacial score (nSPS) is 12.7. The van der Waals surface area contributed by atoms with E-state index in [4.69, 9.17) is 0 Å². The number of rotatable bonds is 4. The predicted molar refractivity (Wildman–Crippen MR) is 70.5 cm³/mol. The van der Waals surface area contributed by atoms with Crippen LogP contribution in [0.2, 0.25) is 0 Å². The molecule has 0 aliphatic carbocycles. The highest BCUT2D eigenvalue weighted by Gasteiger charge is 2.26. The SMILES string of the molecule is CCNC(c1ccc(F)c(F)c1F)c1c(Br)nnn1C. The van der Waals surface area contributed by atoms with Crippen LogP contribution in [0.25, 0.3) is 0 Å². The average Bonchev–Trinajstić information content (AvgIpc) is 2.74. The van der Waals surface area contributed by atoms with E-state index in [9.17, 15) is 13.2 Å². The van der Waals surface area contributed by atoms with Crippen LogP contribution in [-0.2, 0) is 7.05 Å². The minimum Gasteiger partial charge on any atom is -0.305 e. The number of nitrogens with one attached hydrogen (secondary N) is 1. The minimum atomic E-state index is -1.49. The summed E-state index contributed by atoms with van der Waals surface area (Å²) in [6, 6.07) is 1.42. The van der Waals surface area contributed by atoms with Gasteiger partial charge < -0.3 is 5.32 Å². The zero-order chi connectivity index (χ0) is 14.9. The molecule has 20 heavy (non-hydrogen) atoms. The van der Waals surface area contributed by atoms with E-state index in [1.807, 2.05) is 6.92 Å². The fourth-order valence-electron chi connectivity index (χ4n) is 1.97. The van der Waals surface area contributed by atoms with Crippen LogP contribution in [0.15, 0.2) is 16.7 Å². The summed E-state index contributed by atoms with van der Waals surface area (Å²) in [4.78, 5) is 0. The number of aromatic nitrogens is 3. The minimum absolute atomic E-state index is 0.00292. The summed E-state index contributed by atoms with van der Waals surface area (Å²) in [5.41, 5.74) is 0.522. The van der Waals surface area contributed by atoms with Gasteiger partial charge in [0.1, 0.15) is 0 Å². The van der Waals surface area contributed by atoms with E-state index in [-0.39, 0.29) is 5.56 Å². The monoisotopic (exact) mass is 348 g/mol. The Bertz CT molecular complexity index is 610. The Kier molecular flexibility index (Phi) is 4.44. The fourth-order valence-corrected chi connectivity index (χ4v) is 2.52. The molecule has 1 N–H and O–H groups in total. The highest BCUT2D eigenvalue weighted by Crippen LogP contribution is 2.29. The Balaban J connectivity index is 2.58. The number of halogens is 4. The van der Waals surface area contributed by atoms with Gasteiger partial charge in [0.15, 0.2) is 22.1 Å². The molecule has 0 spiro atoms. The highest BCUT2D eigenvalue weighted by atomic mass is 79.9. The van der Waals surface area contributed by atoms with Crippen LogP contribution in [-0.4, -0.2) is 21.5 Å². The van der Waals surface area contributed by atoms with Gasteiger partial charge in [0.05, 0.1) is 11.7 Å². The first-order chi connectivity index (χ1) is 9.47. The lowest BCUT2D eigenvalue weighted by atomic mass is 10.0. The topological polar surface area (TPSA) is 42.7 Å². The lowest BCUT2D eigenvalue weighted by Gasteiger charge is -2.19. The molecular formula is C12H12BrF3N4. The molecule has 4 nitrogen and oxygen atoms in total. The number of hydrogen-bond acceptors (Lipinski definition) is 3. The Morgan fingerprint density at radius 2 is 2.00 bits per heavy atom. The van der Waals surface area contributed by atoms with Crippen molar-refractivity contribution in [3.8, 4) is 0 Å². The van der Waals surface area contributed by atoms with Crippen LogP contribution in [0.3, 0.4) is 0 Å². The van der Waals surface area contributed by atoms with Gasteiger partial charge in [-0.3, -0.25) is 0 Å². The number of nitrogens with zero attached hydrogens (tertiary/aromatic N) is 3. The van der Waals surface area contributed by atoms with Gasteiger partial charge >= 0.3 is 0 Å². The molecule has 0 aliphatic rings. The van der Waals surface area contributed by atoms with E-state index >= 15 is 0 Å². The van der Waals surface area contributed by atoms with E-state index in [2.05, 4.69) is 31.6 Å². The number of benzene rings is 1. The molecule has 0 fully saturated rings. The Hall–Kier alpha value is -1.41. The first-order valence-corrected chi connectivity index (χ1v) is 6.68. The van der Waals surface area contributed by atoms with Crippen LogP contribution >= 0.6 is 15.9 Å². The maximum atomic E-state index is 14.0. The molecule has 108 valence electrons. The van der Waals surface area contributed by atoms with E-state index in [0.717, 1.165) is 6.07 Å². The zero-order valence-corrected chi connectivity index (χ0v) is 12.4. The Morgan fingerprint density at radius 1 is 1.30 bits per heavy atom. The van der Waals surface area contributed by atoms with E-state index in [0.29, 0.717) is 16.8 Å². The van der Waals surface area contributed by atoms with Gasteiger partial charge in [-0.2, -0.15) is 0 Å². The molecule has 1 unspecified atom stereocenters. The van der Waals surface area contributed by atoms with Crippen LogP contribution in [0.5, 0.6) is 0 Å². The summed E-state index contributed by atoms with van der Waals surface area (Å²) in [6.45, 7) is 2.32. The van der Waals surface area contributed by atoms with Crippen LogP contribution in [0.1, 0.15) is 24.2 Å². The Morgan fingerprint density at radius 3 is 2.55 bits per heavy atom. The quantitative estimate of drug-likeness (QED) is 0.864. The van der Waals surface area contributed by atoms with E-state index < -0.39 is 23.5 Å². The molecule has 1 heterocycles. The molecule has 8 heteroatoms. The number of hydrogen-bond donors (Lipinski definition) is 1. The third-order valence-corrected chi connectivity index (χ3v) is 3.45. The lowest BCUT2D eigenvalue weighted by molar-refractivity contribution is 0.430. The van der Waals surface area contributed by atoms with Crippen LogP contribution in [0, 0.1) is 17.5 Å². The molecule has 1 aromatic carbocycles. The zero-order valence-electron chi connectivity index (χ0n) is 10.8. The molecule has 0 saturated carbocycles. The first-order valence-electron chi connectivity index (χ1n) is 5.89. The summed E-state index contributed by atoms with van der Waals surface area (Å²) >= 11 is 3.22. The summed E-state index contributed by atoms with van der Waals surface area (Å²) < 4.78 is 42.3. The van der Waals surface area contributed by atoms with Crippen molar-refractivity contribution in [2.75, 3.05) is 6.54 Å². The van der Waals surface area contributed by atoms with Crippen molar-refractivity contribution < 1.29 is 13.2 Å². The average molecular weight is 349 g/mol. The van der Waals surface area contributed by atoms with Crippen molar-refractivity contribution in [3.05, 3.63) is 45.4 Å². The van der Waals surface area contributed by atoms with Gasteiger partial charge in [0.2, 0.25) is 0 Å². The third kappa shape index (κ3) is 2.57. The molecular weight excluding hydrogens is 337 g/mol. The predicted octanol–water partition coefficient (Wildman–Crippen LogP) is 2.69. The second-order valence-corrected chi connectivity index (χ2v) is 4.90. The summed E-state index contributed by atoms with van der Waals surface area (Å²) in [5.74, 6) is -3.93. The van der Waals surface area contributed by atoms with Gasteiger partial charge in [0, 0.05) is 12.6 Å². The molecule has 2 aromatic rings. The van der Waals surface area contributed by atoms with Crippen LogP contribution in [0.4, 0.5) is 13.2 Å². The maximum absolute atomic E-state index is 14.0. The van der Waals surface area contributed by atoms with Gasteiger partial charge in [-0.05, 0) is 28.5 Å². The van der Waals surface area contributed by atoms with Gasteiger partial charge in [0.25, 0.3) is 0 Å². The summed E-state index contributed by atoms with van der Waals surface area (Å²) in [7, 11) is 1.63. The highest BCUT2D eigenvalue weighted by molar-refractivity contribution is 9.10. The second kappa shape index (κ2) is 5.92. The first kappa shape index (κ1) is 15.0. The largest absolute Gasteiger partial charge is 0.305 e. The number of aryl methyl sites for hydroxylation is 1. The summed E-state index contributed by atoms with van der Waals surface area (Å²) in [5, 5.41) is 10.6. The maximum Gasteiger partial charge on any atom is 0.194 e. The molecule has 1 aromatic heterocycles. The molecule has 2 rings (SSSR count). The van der Waals surface area contributed by atoms with E-state index in [1.165, 1.54) is 10.7 Å².